The number of carboxylic acids is 1. The van der Waals surface area contributed by atoms with E-state index in [9.17, 15) is 9.59 Å². The monoisotopic (exact) mass is 276 g/mol. The van der Waals surface area contributed by atoms with Gasteiger partial charge in [-0.1, -0.05) is 18.2 Å². The number of hydrogen-bond acceptors (Lipinski definition) is 6. The molecule has 0 aliphatic rings. The van der Waals surface area contributed by atoms with E-state index < -0.39 is 17.9 Å². The third kappa shape index (κ3) is 2.79. The molecule has 2 rings (SSSR count). The molecule has 0 amide bonds. The maximum Gasteiger partial charge on any atom is 0.320 e. The molecule has 8 nitrogen and oxygen atoms in total. The molecule has 0 aliphatic heterocycles. The second-order valence-electron chi connectivity index (χ2n) is 3.96. The highest BCUT2D eigenvalue weighted by Crippen LogP contribution is 2.12. The Kier molecular flexibility index (Phi) is 4.04. The molecule has 0 fully saturated rings. The van der Waals surface area contributed by atoms with Crippen molar-refractivity contribution in [1.29, 1.82) is 0 Å². The van der Waals surface area contributed by atoms with E-state index in [2.05, 4.69) is 20.3 Å². The Balaban J connectivity index is 2.29. The van der Waals surface area contributed by atoms with E-state index in [1.165, 1.54) is 4.68 Å². The number of carboxylic acid groups (broad SMARTS) is 1. The fourth-order valence-electron chi connectivity index (χ4n) is 1.70. The summed E-state index contributed by atoms with van der Waals surface area (Å²) >= 11 is 0. The molecule has 1 atom stereocenters. The summed E-state index contributed by atoms with van der Waals surface area (Å²) in [6.45, 7) is 0. The van der Waals surface area contributed by atoms with Crippen molar-refractivity contribution in [3.63, 3.8) is 0 Å². The molecule has 1 N–H and O–H groups in total. The summed E-state index contributed by atoms with van der Waals surface area (Å²) in [5.74, 6) is -3.18. The molecule has 0 saturated carbocycles. The second-order valence-corrected chi connectivity index (χ2v) is 3.96. The van der Waals surface area contributed by atoms with Crippen LogP contribution in [0, 0.1) is 5.92 Å². The number of ether oxygens (including phenoxy) is 1. The van der Waals surface area contributed by atoms with Crippen molar-refractivity contribution in [1.82, 2.24) is 20.2 Å². The molecule has 20 heavy (non-hydrogen) atoms. The summed E-state index contributed by atoms with van der Waals surface area (Å²) in [7, 11) is 1.14. The SMILES string of the molecule is COC(=O)C(Cc1nnnn1-c1ccccc1)C(=O)O. The minimum atomic E-state index is -1.34. The Bertz CT molecular complexity index is 611. The molecule has 1 aromatic carbocycles. The van der Waals surface area contributed by atoms with Crippen LogP contribution in [-0.4, -0.2) is 44.4 Å². The first-order valence-corrected chi connectivity index (χ1v) is 5.76. The molecular weight excluding hydrogens is 264 g/mol. The van der Waals surface area contributed by atoms with Crippen LogP contribution in [0.25, 0.3) is 5.69 Å². The van der Waals surface area contributed by atoms with E-state index in [4.69, 9.17) is 5.11 Å². The average molecular weight is 276 g/mol. The van der Waals surface area contributed by atoms with Crippen LogP contribution >= 0.6 is 0 Å². The Hall–Kier alpha value is -2.77. The van der Waals surface area contributed by atoms with Gasteiger partial charge in [0.2, 0.25) is 0 Å². The lowest BCUT2D eigenvalue weighted by Gasteiger charge is -2.09. The van der Waals surface area contributed by atoms with Gasteiger partial charge < -0.3 is 9.84 Å². The smallest absolute Gasteiger partial charge is 0.320 e. The molecule has 1 aromatic heterocycles. The molecular formula is C12H12N4O4. The maximum absolute atomic E-state index is 11.4. The Labute approximate surface area is 114 Å². The molecule has 1 heterocycles. The largest absolute Gasteiger partial charge is 0.481 e. The van der Waals surface area contributed by atoms with Gasteiger partial charge in [-0.2, -0.15) is 4.68 Å². The van der Waals surface area contributed by atoms with Gasteiger partial charge in [0, 0.05) is 6.42 Å². The van der Waals surface area contributed by atoms with Crippen molar-refractivity contribution in [2.24, 2.45) is 5.92 Å². The summed E-state index contributed by atoms with van der Waals surface area (Å²) in [6, 6.07) is 8.98. The van der Waals surface area contributed by atoms with Crippen molar-refractivity contribution >= 4 is 11.9 Å². The van der Waals surface area contributed by atoms with Gasteiger partial charge in [0.05, 0.1) is 12.8 Å². The quantitative estimate of drug-likeness (QED) is 0.608. The summed E-state index contributed by atoms with van der Waals surface area (Å²) in [4.78, 5) is 22.5. The highest BCUT2D eigenvalue weighted by Gasteiger charge is 2.30. The zero-order valence-electron chi connectivity index (χ0n) is 10.6. The molecule has 104 valence electrons. The van der Waals surface area contributed by atoms with E-state index in [1.54, 1.807) is 24.3 Å². The zero-order chi connectivity index (χ0) is 14.5. The van der Waals surface area contributed by atoms with Crippen LogP contribution in [0.1, 0.15) is 5.82 Å². The minimum Gasteiger partial charge on any atom is -0.481 e. The standard InChI is InChI=1S/C12H12N4O4/c1-20-12(19)9(11(17)18)7-10-13-14-15-16(10)8-5-3-2-4-6-8/h2-6,9H,7H2,1H3,(H,17,18). The highest BCUT2D eigenvalue weighted by atomic mass is 16.5. The van der Waals surface area contributed by atoms with Crippen LogP contribution in [0.15, 0.2) is 30.3 Å². The highest BCUT2D eigenvalue weighted by molar-refractivity contribution is 5.94. The number of carbonyl (C=O) groups excluding carboxylic acids is 1. The third-order valence-corrected chi connectivity index (χ3v) is 2.71. The zero-order valence-corrected chi connectivity index (χ0v) is 10.6. The predicted molar refractivity (Wildman–Crippen MR) is 66.0 cm³/mol. The number of aromatic nitrogens is 4. The van der Waals surface area contributed by atoms with Gasteiger partial charge in [-0.25, -0.2) is 0 Å². The predicted octanol–water partition coefficient (Wildman–Crippen LogP) is 0.0786. The van der Waals surface area contributed by atoms with Crippen LogP contribution in [0.2, 0.25) is 0 Å². The van der Waals surface area contributed by atoms with E-state index in [0.717, 1.165) is 7.11 Å². The molecule has 0 saturated heterocycles. The van der Waals surface area contributed by atoms with E-state index in [0.29, 0.717) is 5.69 Å². The van der Waals surface area contributed by atoms with Crippen molar-refractivity contribution in [2.75, 3.05) is 7.11 Å². The summed E-state index contributed by atoms with van der Waals surface area (Å²) in [6.07, 6.45) is -0.149. The van der Waals surface area contributed by atoms with Crippen LogP contribution in [0.3, 0.4) is 0 Å². The number of tetrazole rings is 1. The van der Waals surface area contributed by atoms with Crippen LogP contribution in [0.4, 0.5) is 0 Å². The number of rotatable bonds is 5. The Morgan fingerprint density at radius 2 is 2.05 bits per heavy atom. The number of hydrogen-bond donors (Lipinski definition) is 1. The van der Waals surface area contributed by atoms with E-state index >= 15 is 0 Å². The first-order valence-electron chi connectivity index (χ1n) is 5.76. The van der Waals surface area contributed by atoms with Crippen LogP contribution < -0.4 is 0 Å². The first kappa shape index (κ1) is 13.7. The topological polar surface area (TPSA) is 107 Å². The molecule has 0 aliphatic carbocycles. The van der Waals surface area contributed by atoms with Crippen molar-refractivity contribution < 1.29 is 19.4 Å². The number of carbonyl (C=O) groups is 2. The van der Waals surface area contributed by atoms with Gasteiger partial charge in [0.1, 0.15) is 0 Å². The second kappa shape index (κ2) is 5.91. The van der Waals surface area contributed by atoms with Gasteiger partial charge in [0.25, 0.3) is 0 Å². The number of para-hydroxylation sites is 1. The van der Waals surface area contributed by atoms with Gasteiger partial charge in [-0.3, -0.25) is 9.59 Å². The Morgan fingerprint density at radius 1 is 1.35 bits per heavy atom. The maximum atomic E-state index is 11.4. The molecule has 8 heteroatoms. The lowest BCUT2D eigenvalue weighted by atomic mass is 10.1. The lowest BCUT2D eigenvalue weighted by molar-refractivity contribution is -0.156. The average Bonchev–Trinajstić information content (AvgIpc) is 2.92. The number of methoxy groups -OCH3 is 1. The number of esters is 1. The molecule has 2 aromatic rings. The molecule has 0 radical (unpaired) electrons. The van der Waals surface area contributed by atoms with Crippen molar-refractivity contribution in [3.05, 3.63) is 36.2 Å². The lowest BCUT2D eigenvalue weighted by Crippen LogP contribution is -2.28. The Morgan fingerprint density at radius 3 is 2.65 bits per heavy atom. The minimum absolute atomic E-state index is 0.149. The number of nitrogens with zero attached hydrogens (tertiary/aromatic N) is 4. The fraction of sp³-hybridized carbons (Fsp3) is 0.250. The van der Waals surface area contributed by atoms with Gasteiger partial charge in [-0.15, -0.1) is 5.10 Å². The van der Waals surface area contributed by atoms with Crippen molar-refractivity contribution in [2.45, 2.75) is 6.42 Å². The summed E-state index contributed by atoms with van der Waals surface area (Å²) in [5, 5.41) is 20.1. The number of aliphatic carboxylic acids is 1. The van der Waals surface area contributed by atoms with Crippen molar-refractivity contribution in [3.8, 4) is 5.69 Å². The fourth-order valence-corrected chi connectivity index (χ4v) is 1.70. The van der Waals surface area contributed by atoms with Crippen LogP contribution in [-0.2, 0) is 20.7 Å². The molecule has 1 unspecified atom stereocenters. The normalized spacial score (nSPS) is 11.8. The van der Waals surface area contributed by atoms with Gasteiger partial charge in [0.15, 0.2) is 11.7 Å². The third-order valence-electron chi connectivity index (χ3n) is 2.71. The molecule has 0 bridgehead atoms. The number of benzene rings is 1. The summed E-state index contributed by atoms with van der Waals surface area (Å²) < 4.78 is 5.86. The molecule has 0 spiro atoms. The van der Waals surface area contributed by atoms with Gasteiger partial charge >= 0.3 is 11.9 Å². The van der Waals surface area contributed by atoms with Crippen LogP contribution in [0.5, 0.6) is 0 Å². The summed E-state index contributed by atoms with van der Waals surface area (Å²) in [5.41, 5.74) is 0.682. The van der Waals surface area contributed by atoms with Gasteiger partial charge in [-0.05, 0) is 22.6 Å². The first-order chi connectivity index (χ1) is 9.63. The van der Waals surface area contributed by atoms with E-state index in [-0.39, 0.29) is 12.2 Å². The van der Waals surface area contributed by atoms with E-state index in [1.807, 2.05) is 6.07 Å².